The predicted molar refractivity (Wildman–Crippen MR) is 72.6 cm³/mol. The summed E-state index contributed by atoms with van der Waals surface area (Å²) in [6, 6.07) is 9.03. The Bertz CT molecular complexity index is 485. The number of benzene rings is 1. The standard InChI is InChI=1S/C14H15F2NOS/c1-10(12-6-7-19-9-12)17-8-11-2-4-13(5-3-11)18-14(15)16/h2-7,9-10,14,17H,8H2,1H3. The zero-order chi connectivity index (χ0) is 13.7. The average Bonchev–Trinajstić information content (AvgIpc) is 2.91. The monoisotopic (exact) mass is 283 g/mol. The number of alkyl halides is 2. The summed E-state index contributed by atoms with van der Waals surface area (Å²) in [5, 5.41) is 7.53. The van der Waals surface area contributed by atoms with Gasteiger partial charge in [-0.25, -0.2) is 0 Å². The molecule has 0 aliphatic heterocycles. The Balaban J connectivity index is 1.86. The van der Waals surface area contributed by atoms with Gasteiger partial charge in [0, 0.05) is 12.6 Å². The number of thiophene rings is 1. The number of rotatable bonds is 6. The van der Waals surface area contributed by atoms with Gasteiger partial charge in [0.25, 0.3) is 0 Å². The highest BCUT2D eigenvalue weighted by Gasteiger charge is 2.06. The van der Waals surface area contributed by atoms with E-state index >= 15 is 0 Å². The van der Waals surface area contributed by atoms with Gasteiger partial charge in [0.05, 0.1) is 0 Å². The fourth-order valence-corrected chi connectivity index (χ4v) is 2.45. The molecule has 0 amide bonds. The third-order valence-corrected chi connectivity index (χ3v) is 3.51. The molecule has 0 radical (unpaired) electrons. The quantitative estimate of drug-likeness (QED) is 0.858. The first-order chi connectivity index (χ1) is 9.15. The van der Waals surface area contributed by atoms with Gasteiger partial charge in [0.1, 0.15) is 5.75 Å². The van der Waals surface area contributed by atoms with Gasteiger partial charge < -0.3 is 10.1 Å². The van der Waals surface area contributed by atoms with Crippen LogP contribution in [-0.4, -0.2) is 6.61 Å². The molecule has 19 heavy (non-hydrogen) atoms. The molecule has 0 fully saturated rings. The zero-order valence-electron chi connectivity index (χ0n) is 10.5. The third-order valence-electron chi connectivity index (χ3n) is 2.80. The molecule has 2 rings (SSSR count). The molecule has 5 heteroatoms. The van der Waals surface area contributed by atoms with Gasteiger partial charge in [-0.3, -0.25) is 0 Å². The highest BCUT2D eigenvalue weighted by Crippen LogP contribution is 2.18. The van der Waals surface area contributed by atoms with E-state index in [1.165, 1.54) is 5.56 Å². The normalized spacial score (nSPS) is 12.6. The van der Waals surface area contributed by atoms with Crippen molar-refractivity contribution in [1.29, 1.82) is 0 Å². The second-order valence-electron chi connectivity index (χ2n) is 4.18. The lowest BCUT2D eigenvalue weighted by Gasteiger charge is -2.12. The summed E-state index contributed by atoms with van der Waals surface area (Å²) in [6.07, 6.45) is 0. The van der Waals surface area contributed by atoms with E-state index in [0.29, 0.717) is 6.54 Å². The topological polar surface area (TPSA) is 21.3 Å². The number of halogens is 2. The van der Waals surface area contributed by atoms with Crippen LogP contribution in [0.1, 0.15) is 24.1 Å². The first kappa shape index (κ1) is 14.0. The Morgan fingerprint density at radius 1 is 1.21 bits per heavy atom. The van der Waals surface area contributed by atoms with Gasteiger partial charge in [0.15, 0.2) is 0 Å². The number of hydrogen-bond acceptors (Lipinski definition) is 3. The molecule has 1 unspecified atom stereocenters. The summed E-state index contributed by atoms with van der Waals surface area (Å²) in [5.41, 5.74) is 2.28. The van der Waals surface area contributed by atoms with Crippen molar-refractivity contribution in [3.8, 4) is 5.75 Å². The van der Waals surface area contributed by atoms with Crippen molar-refractivity contribution >= 4 is 11.3 Å². The van der Waals surface area contributed by atoms with E-state index in [1.54, 1.807) is 35.6 Å². The second-order valence-corrected chi connectivity index (χ2v) is 4.96. The minimum atomic E-state index is -2.78. The molecule has 2 nitrogen and oxygen atoms in total. The summed E-state index contributed by atoms with van der Waals surface area (Å²) >= 11 is 1.67. The van der Waals surface area contributed by atoms with Crippen LogP contribution < -0.4 is 10.1 Å². The van der Waals surface area contributed by atoms with E-state index in [2.05, 4.69) is 28.4 Å². The van der Waals surface area contributed by atoms with E-state index in [-0.39, 0.29) is 11.8 Å². The molecule has 0 bridgehead atoms. The highest BCUT2D eigenvalue weighted by atomic mass is 32.1. The van der Waals surface area contributed by atoms with E-state index in [9.17, 15) is 8.78 Å². The maximum atomic E-state index is 12.0. The van der Waals surface area contributed by atoms with E-state index in [1.807, 2.05) is 5.38 Å². The molecule has 0 saturated carbocycles. The van der Waals surface area contributed by atoms with E-state index in [0.717, 1.165) is 5.56 Å². The smallest absolute Gasteiger partial charge is 0.387 e. The van der Waals surface area contributed by atoms with Crippen LogP contribution >= 0.6 is 11.3 Å². The average molecular weight is 283 g/mol. The van der Waals surface area contributed by atoms with Crippen LogP contribution in [0.25, 0.3) is 0 Å². The molecule has 102 valence electrons. The first-order valence-electron chi connectivity index (χ1n) is 5.94. The molecule has 1 atom stereocenters. The fourth-order valence-electron chi connectivity index (χ4n) is 1.70. The minimum absolute atomic E-state index is 0.185. The van der Waals surface area contributed by atoms with Crippen LogP contribution in [0.2, 0.25) is 0 Å². The van der Waals surface area contributed by atoms with Crippen LogP contribution in [0.4, 0.5) is 8.78 Å². The SMILES string of the molecule is CC(NCc1ccc(OC(F)F)cc1)c1ccsc1. The number of ether oxygens (including phenoxy) is 1. The van der Waals surface area contributed by atoms with Crippen molar-refractivity contribution in [3.05, 3.63) is 52.2 Å². The van der Waals surface area contributed by atoms with Gasteiger partial charge in [-0.15, -0.1) is 0 Å². The summed E-state index contributed by atoms with van der Waals surface area (Å²) in [5.74, 6) is 0.185. The third kappa shape index (κ3) is 4.29. The van der Waals surface area contributed by atoms with Crippen molar-refractivity contribution in [2.75, 3.05) is 0 Å². The Morgan fingerprint density at radius 3 is 2.53 bits per heavy atom. The van der Waals surface area contributed by atoms with Gasteiger partial charge in [-0.2, -0.15) is 20.1 Å². The van der Waals surface area contributed by atoms with Crippen LogP contribution in [-0.2, 0) is 6.54 Å². The Hall–Kier alpha value is -1.46. The minimum Gasteiger partial charge on any atom is -0.435 e. The van der Waals surface area contributed by atoms with Crippen molar-refractivity contribution in [2.24, 2.45) is 0 Å². The Morgan fingerprint density at radius 2 is 1.95 bits per heavy atom. The zero-order valence-corrected chi connectivity index (χ0v) is 11.3. The maximum absolute atomic E-state index is 12.0. The number of hydrogen-bond donors (Lipinski definition) is 1. The Kier molecular flexibility index (Phi) is 4.87. The molecule has 0 aliphatic rings. The van der Waals surface area contributed by atoms with Crippen LogP contribution in [0.5, 0.6) is 5.75 Å². The second kappa shape index (κ2) is 6.63. The largest absolute Gasteiger partial charge is 0.435 e. The molecule has 1 heterocycles. The highest BCUT2D eigenvalue weighted by molar-refractivity contribution is 7.07. The van der Waals surface area contributed by atoms with Gasteiger partial charge in [-0.05, 0) is 47.0 Å². The lowest BCUT2D eigenvalue weighted by Crippen LogP contribution is -2.17. The molecule has 1 aromatic heterocycles. The number of nitrogens with one attached hydrogen (secondary N) is 1. The Labute approximate surface area is 115 Å². The summed E-state index contributed by atoms with van der Waals surface area (Å²) in [7, 11) is 0. The molecule has 0 saturated heterocycles. The van der Waals surface area contributed by atoms with Crippen LogP contribution in [0.15, 0.2) is 41.1 Å². The lowest BCUT2D eigenvalue weighted by molar-refractivity contribution is -0.0498. The summed E-state index contributed by atoms with van der Waals surface area (Å²) in [6.45, 7) is 0.00468. The predicted octanol–water partition coefficient (Wildman–Crippen LogP) is 4.20. The fraction of sp³-hybridized carbons (Fsp3) is 0.286. The van der Waals surface area contributed by atoms with Crippen LogP contribution in [0, 0.1) is 0 Å². The van der Waals surface area contributed by atoms with Gasteiger partial charge >= 0.3 is 6.61 Å². The molecule has 2 aromatic rings. The summed E-state index contributed by atoms with van der Waals surface area (Å²) in [4.78, 5) is 0. The molecule has 1 N–H and O–H groups in total. The first-order valence-corrected chi connectivity index (χ1v) is 6.88. The van der Waals surface area contributed by atoms with Gasteiger partial charge in [-0.1, -0.05) is 12.1 Å². The molecule has 0 aliphatic carbocycles. The maximum Gasteiger partial charge on any atom is 0.387 e. The lowest BCUT2D eigenvalue weighted by atomic mass is 10.1. The summed E-state index contributed by atoms with van der Waals surface area (Å²) < 4.78 is 28.3. The van der Waals surface area contributed by atoms with Crippen molar-refractivity contribution in [3.63, 3.8) is 0 Å². The van der Waals surface area contributed by atoms with Crippen LogP contribution in [0.3, 0.4) is 0 Å². The van der Waals surface area contributed by atoms with Crippen molar-refractivity contribution in [1.82, 2.24) is 5.32 Å². The molecule has 1 aromatic carbocycles. The van der Waals surface area contributed by atoms with Crippen molar-refractivity contribution < 1.29 is 13.5 Å². The van der Waals surface area contributed by atoms with Crippen molar-refractivity contribution in [2.45, 2.75) is 26.1 Å². The molecular weight excluding hydrogens is 268 g/mol. The van der Waals surface area contributed by atoms with E-state index in [4.69, 9.17) is 0 Å². The van der Waals surface area contributed by atoms with Gasteiger partial charge in [0.2, 0.25) is 0 Å². The molecular formula is C14H15F2NOS. The molecule has 0 spiro atoms. The van der Waals surface area contributed by atoms with E-state index < -0.39 is 6.61 Å².